The van der Waals surface area contributed by atoms with Crippen LogP contribution in [0.4, 0.5) is 0 Å². The normalized spacial score (nSPS) is 15.8. The van der Waals surface area contributed by atoms with Gasteiger partial charge in [0.1, 0.15) is 54.1 Å². The smallest absolute Gasteiger partial charge is 0.326 e. The summed E-state index contributed by atoms with van der Waals surface area (Å²) in [6.07, 6.45) is -1.51. The molecule has 418 valence electrons. The van der Waals surface area contributed by atoms with Crippen LogP contribution in [0.1, 0.15) is 113 Å². The zero-order valence-corrected chi connectivity index (χ0v) is 43.9. The predicted octanol–water partition coefficient (Wildman–Crippen LogP) is -2.00. The fraction of sp³-hybridized carbons (Fsp3) is 0.673. The van der Waals surface area contributed by atoms with Crippen molar-refractivity contribution in [2.45, 2.75) is 174 Å². The van der Waals surface area contributed by atoms with E-state index in [4.69, 9.17) is 11.5 Å². The number of phenols is 1. The van der Waals surface area contributed by atoms with Crippen molar-refractivity contribution in [2.24, 2.45) is 35.1 Å². The number of phenolic OH excluding ortho intramolecular Hbond substituents is 1. The number of benzene rings is 1. The first-order valence-electron chi connectivity index (χ1n) is 25.0. The van der Waals surface area contributed by atoms with Crippen molar-refractivity contribution in [3.05, 3.63) is 29.8 Å². The number of hydrogen-bond acceptors (Lipinski definition) is 15. The highest BCUT2D eigenvalue weighted by Crippen LogP contribution is 2.15. The molecule has 0 saturated carbocycles. The molecule has 1 aromatic carbocycles. The van der Waals surface area contributed by atoms with E-state index in [-0.39, 0.29) is 31.1 Å². The fourth-order valence-corrected chi connectivity index (χ4v) is 7.42. The molecule has 0 aromatic heterocycles. The van der Waals surface area contributed by atoms with Gasteiger partial charge in [-0.1, -0.05) is 73.9 Å². The first kappa shape index (κ1) is 65.6. The van der Waals surface area contributed by atoms with Gasteiger partial charge >= 0.3 is 11.9 Å². The Hall–Kier alpha value is -6.44. The van der Waals surface area contributed by atoms with Crippen molar-refractivity contribution in [3.63, 3.8) is 0 Å². The Balaban J connectivity index is 3.48. The van der Waals surface area contributed by atoms with E-state index in [0.717, 1.165) is 6.92 Å². The van der Waals surface area contributed by atoms with Crippen molar-refractivity contribution in [1.82, 2.24) is 42.5 Å². The molecular formula is C49H82N10O15. The maximum absolute atomic E-state index is 14.2. The summed E-state index contributed by atoms with van der Waals surface area (Å²) in [4.78, 5) is 133. The van der Waals surface area contributed by atoms with Crippen LogP contribution in [0.3, 0.4) is 0 Å². The number of unbranched alkanes of at least 4 members (excludes halogenated alkanes) is 1. The van der Waals surface area contributed by atoms with Crippen molar-refractivity contribution in [2.75, 3.05) is 13.2 Å². The Morgan fingerprint density at radius 3 is 1.47 bits per heavy atom. The van der Waals surface area contributed by atoms with Crippen LogP contribution >= 0.6 is 0 Å². The van der Waals surface area contributed by atoms with E-state index in [1.807, 2.05) is 13.8 Å². The minimum absolute atomic E-state index is 0.0516. The second-order valence-electron chi connectivity index (χ2n) is 19.6. The molecule has 17 N–H and O–H groups in total. The lowest BCUT2D eigenvalue weighted by Gasteiger charge is -2.29. The number of aliphatic hydroxyl groups is 2. The quantitative estimate of drug-likeness (QED) is 0.0332. The molecule has 1 rings (SSSR count). The van der Waals surface area contributed by atoms with Gasteiger partial charge in [0.25, 0.3) is 0 Å². The third-order valence-electron chi connectivity index (χ3n) is 12.1. The summed E-state index contributed by atoms with van der Waals surface area (Å²) in [6.45, 7) is 13.8. The molecule has 0 heterocycles. The number of carbonyl (C=O) groups excluding carboxylic acids is 8. The van der Waals surface area contributed by atoms with Crippen LogP contribution in [0.5, 0.6) is 5.75 Å². The summed E-state index contributed by atoms with van der Waals surface area (Å²) < 4.78 is 0. The van der Waals surface area contributed by atoms with Gasteiger partial charge in [-0.15, -0.1) is 0 Å². The zero-order chi connectivity index (χ0) is 56.6. The van der Waals surface area contributed by atoms with Gasteiger partial charge in [0.05, 0.1) is 18.8 Å². The SMILES string of the molecule is CC[C@H](C)[C@H](NC(=O)[C@@H](N)CC(C)C)C(=O)N[C@@H](CCC(=O)O)C(=O)N[C@H](C(=O)N[C@@H](CO)C(=O)N[C@@H](Cc1ccc(O)cc1)C(=O)N[C@H](C(=O)N[C@@H](CCCCN)C(=O)N[C@H](C(=O)O)C(C)C)C(C)C)[C@@H](C)O. The molecule has 0 aliphatic rings. The number of rotatable bonds is 34. The van der Waals surface area contributed by atoms with Crippen molar-refractivity contribution in [3.8, 4) is 5.75 Å². The molecule has 0 fully saturated rings. The lowest BCUT2D eigenvalue weighted by Crippen LogP contribution is -2.63. The van der Waals surface area contributed by atoms with Gasteiger partial charge in [-0.25, -0.2) is 4.79 Å². The minimum Gasteiger partial charge on any atom is -0.508 e. The topological polar surface area (TPSA) is 420 Å². The molecule has 0 bridgehead atoms. The Kier molecular flexibility index (Phi) is 29.0. The summed E-state index contributed by atoms with van der Waals surface area (Å²) in [5.41, 5.74) is 12.1. The minimum atomic E-state index is -1.89. The van der Waals surface area contributed by atoms with Gasteiger partial charge in [-0.2, -0.15) is 0 Å². The summed E-state index contributed by atoms with van der Waals surface area (Å²) >= 11 is 0. The number of hydrogen-bond donors (Lipinski definition) is 15. The average molecular weight is 1050 g/mol. The van der Waals surface area contributed by atoms with Crippen LogP contribution < -0.4 is 54.0 Å². The van der Waals surface area contributed by atoms with Gasteiger partial charge in [0.15, 0.2) is 0 Å². The first-order chi connectivity index (χ1) is 34.6. The second kappa shape index (κ2) is 32.7. The molecule has 0 saturated heterocycles. The summed E-state index contributed by atoms with van der Waals surface area (Å²) in [6, 6.07) is -7.48. The lowest BCUT2D eigenvalue weighted by atomic mass is 9.96. The maximum atomic E-state index is 14.2. The number of aromatic hydroxyl groups is 1. The van der Waals surface area contributed by atoms with E-state index in [0.29, 0.717) is 31.2 Å². The fourth-order valence-electron chi connectivity index (χ4n) is 7.42. The van der Waals surface area contributed by atoms with E-state index >= 15 is 0 Å². The van der Waals surface area contributed by atoms with Gasteiger partial charge < -0.3 is 79.5 Å². The van der Waals surface area contributed by atoms with Crippen molar-refractivity contribution >= 4 is 59.2 Å². The number of nitrogens with one attached hydrogen (secondary N) is 8. The van der Waals surface area contributed by atoms with Crippen molar-refractivity contribution < 1.29 is 73.5 Å². The highest BCUT2D eigenvalue weighted by molar-refractivity contribution is 5.98. The Labute approximate surface area is 432 Å². The number of aliphatic carboxylic acids is 2. The number of carbonyl (C=O) groups is 10. The van der Waals surface area contributed by atoms with Gasteiger partial charge in [-0.3, -0.25) is 43.2 Å². The lowest BCUT2D eigenvalue weighted by molar-refractivity contribution is -0.143. The molecule has 74 heavy (non-hydrogen) atoms. The van der Waals surface area contributed by atoms with Crippen LogP contribution in [-0.4, -0.2) is 158 Å². The van der Waals surface area contributed by atoms with Gasteiger partial charge in [-0.05, 0) is 86.9 Å². The van der Waals surface area contributed by atoms with E-state index in [1.54, 1.807) is 41.5 Å². The third-order valence-corrected chi connectivity index (χ3v) is 12.1. The number of carboxylic acids is 2. The Morgan fingerprint density at radius 2 is 1.00 bits per heavy atom. The number of nitrogens with two attached hydrogens (primary N) is 2. The number of carboxylic acid groups (broad SMARTS) is 2. The standard InChI is InChI=1S/C49H82N10O15/c1-10-27(8)39(58-41(65)31(51)21-24(2)3)47(71)53-33(18-19-36(63)64)43(67)59-40(28(9)61)48(72)55-35(23-60)45(69)54-34(22-29-14-16-30(62)17-15-29)44(68)56-37(25(4)5)46(70)52-32(13-11-12-20-50)42(66)57-38(26(6)7)49(73)74/h14-17,24-28,31-35,37-40,60-62H,10-13,18-23,50-51H2,1-9H3,(H,52,70)(H,53,71)(H,54,69)(H,55,72)(H,56,68)(H,57,66)(H,58,65)(H,59,67)(H,63,64)(H,73,74)/t27-,28+,31-,32-,33-,34-,35-,37-,38-,39-,40-/m0/s1. The van der Waals surface area contributed by atoms with E-state index in [9.17, 15) is 73.5 Å². The van der Waals surface area contributed by atoms with Gasteiger partial charge in [0, 0.05) is 12.8 Å². The van der Waals surface area contributed by atoms with E-state index < -0.39 is 157 Å². The van der Waals surface area contributed by atoms with Crippen LogP contribution in [0.15, 0.2) is 24.3 Å². The summed E-state index contributed by atoms with van der Waals surface area (Å²) in [5.74, 6) is -11.9. The molecule has 25 heteroatoms. The highest BCUT2D eigenvalue weighted by Gasteiger charge is 2.37. The summed E-state index contributed by atoms with van der Waals surface area (Å²) in [7, 11) is 0. The maximum Gasteiger partial charge on any atom is 0.326 e. The number of amides is 8. The second-order valence-corrected chi connectivity index (χ2v) is 19.6. The molecule has 1 aromatic rings. The monoisotopic (exact) mass is 1050 g/mol. The van der Waals surface area contributed by atoms with Crippen molar-refractivity contribution in [1.29, 1.82) is 0 Å². The van der Waals surface area contributed by atoms with Crippen LogP contribution in [0.2, 0.25) is 0 Å². The number of aliphatic hydroxyl groups excluding tert-OH is 2. The molecular weight excluding hydrogens is 969 g/mol. The molecule has 0 spiro atoms. The molecule has 0 unspecified atom stereocenters. The summed E-state index contributed by atoms with van der Waals surface area (Å²) in [5, 5.41) is 69.7. The van der Waals surface area contributed by atoms with E-state index in [2.05, 4.69) is 42.5 Å². The van der Waals surface area contributed by atoms with E-state index in [1.165, 1.54) is 24.3 Å². The zero-order valence-electron chi connectivity index (χ0n) is 43.9. The Bertz CT molecular complexity index is 2040. The molecule has 8 amide bonds. The highest BCUT2D eigenvalue weighted by atomic mass is 16.4. The molecule has 0 aliphatic carbocycles. The molecule has 0 aliphatic heterocycles. The largest absolute Gasteiger partial charge is 0.508 e. The van der Waals surface area contributed by atoms with Crippen LogP contribution in [0.25, 0.3) is 0 Å². The predicted molar refractivity (Wildman–Crippen MR) is 270 cm³/mol. The average Bonchev–Trinajstić information content (AvgIpc) is 3.32. The third kappa shape index (κ3) is 22.8. The Morgan fingerprint density at radius 1 is 0.554 bits per heavy atom. The first-order valence-corrected chi connectivity index (χ1v) is 25.0. The van der Waals surface area contributed by atoms with Crippen LogP contribution in [0, 0.1) is 23.7 Å². The molecule has 11 atom stereocenters. The van der Waals surface area contributed by atoms with Crippen LogP contribution in [-0.2, 0) is 54.4 Å². The van der Waals surface area contributed by atoms with Gasteiger partial charge in [0.2, 0.25) is 47.3 Å². The molecule has 25 nitrogen and oxygen atoms in total. The molecule has 0 radical (unpaired) electrons.